The molecule has 0 saturated carbocycles. The number of fused-ring (bicyclic) bond motifs is 1. The predicted molar refractivity (Wildman–Crippen MR) is 103 cm³/mol. The lowest BCUT2D eigenvalue weighted by Gasteiger charge is -2.32. The number of aryl methyl sites for hydroxylation is 1. The summed E-state index contributed by atoms with van der Waals surface area (Å²) < 4.78 is 19.6. The van der Waals surface area contributed by atoms with E-state index < -0.39 is 5.82 Å². The highest BCUT2D eigenvalue weighted by atomic mass is 19.1. The minimum absolute atomic E-state index is 0.0911. The molecule has 0 bridgehead atoms. The fourth-order valence-corrected chi connectivity index (χ4v) is 3.47. The fraction of sp³-hybridized carbons (Fsp3) is 0.474. The Morgan fingerprint density at radius 1 is 1.37 bits per heavy atom. The number of nitrogens with two attached hydrogens (primary N) is 1. The number of aromatic hydroxyl groups is 1. The number of hydrogen-bond acceptors (Lipinski definition) is 7. The van der Waals surface area contributed by atoms with Crippen LogP contribution in [0.4, 0.5) is 15.9 Å². The van der Waals surface area contributed by atoms with Crippen molar-refractivity contribution in [3.05, 3.63) is 34.8 Å². The van der Waals surface area contributed by atoms with Crippen molar-refractivity contribution >= 4 is 11.5 Å². The zero-order valence-electron chi connectivity index (χ0n) is 16.2. The second-order valence-corrected chi connectivity index (χ2v) is 7.24. The van der Waals surface area contributed by atoms with Crippen LogP contribution in [0.25, 0.3) is 0 Å². The van der Waals surface area contributed by atoms with Crippen molar-refractivity contribution in [1.82, 2.24) is 14.9 Å². The maximum absolute atomic E-state index is 13.8. The quantitative estimate of drug-likeness (QED) is 0.827. The van der Waals surface area contributed by atoms with Gasteiger partial charge >= 0.3 is 6.01 Å². The van der Waals surface area contributed by atoms with Gasteiger partial charge in [-0.3, -0.25) is 0 Å². The minimum atomic E-state index is -0.634. The topological polar surface area (TPSA) is 87.7 Å². The Bertz CT molecular complexity index is 843. The van der Waals surface area contributed by atoms with Crippen LogP contribution in [0.2, 0.25) is 0 Å². The molecular weight excluding hydrogens is 349 g/mol. The van der Waals surface area contributed by atoms with E-state index in [0.717, 1.165) is 23.4 Å². The van der Waals surface area contributed by atoms with E-state index in [4.69, 9.17) is 10.5 Å². The summed E-state index contributed by atoms with van der Waals surface area (Å²) in [5, 5.41) is 10.2. The Labute approximate surface area is 158 Å². The molecular formula is C19H26FN5O2. The lowest BCUT2D eigenvalue weighted by molar-refractivity contribution is 0.163. The number of nitrogen functional groups attached to an aromatic ring is 1. The van der Waals surface area contributed by atoms with Crippen LogP contribution in [0.5, 0.6) is 11.8 Å². The van der Waals surface area contributed by atoms with Crippen molar-refractivity contribution in [3.63, 3.8) is 0 Å². The molecule has 2 aromatic rings. The third kappa shape index (κ3) is 4.05. The third-order valence-corrected chi connectivity index (χ3v) is 4.63. The molecule has 0 spiro atoms. The first-order chi connectivity index (χ1) is 12.8. The average Bonchev–Trinajstić information content (AvgIpc) is 2.57. The van der Waals surface area contributed by atoms with E-state index in [1.165, 1.54) is 6.07 Å². The van der Waals surface area contributed by atoms with Gasteiger partial charge in [-0.25, -0.2) is 4.39 Å². The number of likely N-dealkylation sites (N-methyl/N-ethyl adjacent to an activating group) is 1. The molecule has 0 fully saturated rings. The molecule has 0 radical (unpaired) electrons. The van der Waals surface area contributed by atoms with E-state index in [9.17, 15) is 9.50 Å². The minimum Gasteiger partial charge on any atom is -0.503 e. The van der Waals surface area contributed by atoms with Crippen molar-refractivity contribution in [2.45, 2.75) is 32.9 Å². The summed E-state index contributed by atoms with van der Waals surface area (Å²) in [6, 6.07) is 3.17. The number of halogens is 1. The summed E-state index contributed by atoms with van der Waals surface area (Å²) >= 11 is 0. The Morgan fingerprint density at radius 3 is 2.81 bits per heavy atom. The van der Waals surface area contributed by atoms with Gasteiger partial charge in [0, 0.05) is 18.7 Å². The van der Waals surface area contributed by atoms with Crippen molar-refractivity contribution < 1.29 is 14.2 Å². The molecule has 1 atom stereocenters. The van der Waals surface area contributed by atoms with Gasteiger partial charge in [-0.1, -0.05) is 6.07 Å². The van der Waals surface area contributed by atoms with E-state index in [-0.39, 0.29) is 17.9 Å². The van der Waals surface area contributed by atoms with E-state index in [0.29, 0.717) is 31.0 Å². The highest BCUT2D eigenvalue weighted by molar-refractivity contribution is 5.65. The molecule has 1 aliphatic heterocycles. The Hall–Kier alpha value is -2.61. The second kappa shape index (κ2) is 7.56. The number of ether oxygens (including phenoxy) is 1. The highest BCUT2D eigenvalue weighted by Gasteiger charge is 2.26. The van der Waals surface area contributed by atoms with E-state index >= 15 is 0 Å². The molecule has 0 unspecified atom stereocenters. The molecule has 8 heteroatoms. The number of aromatic nitrogens is 2. The second-order valence-electron chi connectivity index (χ2n) is 7.24. The van der Waals surface area contributed by atoms with Crippen molar-refractivity contribution in [1.29, 1.82) is 0 Å². The number of hydrogen-bond donors (Lipinski definition) is 2. The van der Waals surface area contributed by atoms with Gasteiger partial charge in [0.25, 0.3) is 0 Å². The van der Waals surface area contributed by atoms with Crippen molar-refractivity contribution in [2.75, 3.05) is 37.8 Å². The van der Waals surface area contributed by atoms with Gasteiger partial charge in [0.1, 0.15) is 11.9 Å². The maximum Gasteiger partial charge on any atom is 0.318 e. The number of phenolic OH excluding ortho intramolecular Hbond substituents is 1. The molecule has 146 valence electrons. The summed E-state index contributed by atoms with van der Waals surface area (Å²) in [5.74, 6) is -0.562. The standard InChI is InChI=1S/C19H26FN5O2/c1-11-5-6-14(20)17(26)16(11)25-8-7-13-15(10-25)22-19(23-18(13)21)27-12(2)9-24(3)4/h5-6,12,26H,7-10H2,1-4H3,(H2,21,22,23)/t12-/m1/s1. The first-order valence-corrected chi connectivity index (χ1v) is 8.96. The molecule has 2 heterocycles. The van der Waals surface area contributed by atoms with Crippen LogP contribution in [-0.4, -0.2) is 53.3 Å². The van der Waals surface area contributed by atoms with E-state index in [1.54, 1.807) is 6.07 Å². The lowest BCUT2D eigenvalue weighted by atomic mass is 10.0. The summed E-state index contributed by atoms with van der Waals surface area (Å²) in [6.45, 7) is 5.51. The largest absolute Gasteiger partial charge is 0.503 e. The maximum atomic E-state index is 13.8. The van der Waals surface area contributed by atoms with Gasteiger partial charge in [0.2, 0.25) is 0 Å². The van der Waals surface area contributed by atoms with Crippen LogP contribution in [0.3, 0.4) is 0 Å². The van der Waals surface area contributed by atoms with Crippen LogP contribution in [0.15, 0.2) is 12.1 Å². The molecule has 0 saturated heterocycles. The first-order valence-electron chi connectivity index (χ1n) is 8.96. The molecule has 0 amide bonds. The SMILES string of the molecule is Cc1ccc(F)c(O)c1N1CCc2c(N)nc(O[C@H](C)CN(C)C)nc2C1. The molecule has 3 rings (SSSR count). The zero-order valence-corrected chi connectivity index (χ0v) is 16.2. The van der Waals surface area contributed by atoms with Gasteiger partial charge in [0.15, 0.2) is 11.6 Å². The number of phenols is 1. The summed E-state index contributed by atoms with van der Waals surface area (Å²) in [6.07, 6.45) is 0.524. The van der Waals surface area contributed by atoms with Crippen LogP contribution < -0.4 is 15.4 Å². The van der Waals surface area contributed by atoms with E-state index in [1.807, 2.05) is 37.7 Å². The predicted octanol–water partition coefficient (Wildman–Crippen LogP) is 2.10. The number of rotatable bonds is 5. The highest BCUT2D eigenvalue weighted by Crippen LogP contribution is 2.36. The molecule has 27 heavy (non-hydrogen) atoms. The summed E-state index contributed by atoms with van der Waals surface area (Å²) in [7, 11) is 3.93. The van der Waals surface area contributed by atoms with Gasteiger partial charge < -0.3 is 25.4 Å². The third-order valence-electron chi connectivity index (χ3n) is 4.63. The van der Waals surface area contributed by atoms with Gasteiger partial charge in [-0.2, -0.15) is 9.97 Å². The molecule has 0 aliphatic carbocycles. The summed E-state index contributed by atoms with van der Waals surface area (Å²) in [5.41, 5.74) is 9.03. The molecule has 1 aromatic carbocycles. The monoisotopic (exact) mass is 375 g/mol. The fourth-order valence-electron chi connectivity index (χ4n) is 3.47. The van der Waals surface area contributed by atoms with Crippen molar-refractivity contribution in [3.8, 4) is 11.8 Å². The Kier molecular flexibility index (Phi) is 5.36. The van der Waals surface area contributed by atoms with Crippen LogP contribution in [0.1, 0.15) is 23.7 Å². The average molecular weight is 375 g/mol. The van der Waals surface area contributed by atoms with Crippen LogP contribution in [0, 0.1) is 12.7 Å². The number of nitrogens with zero attached hydrogens (tertiary/aromatic N) is 4. The Morgan fingerprint density at radius 2 is 2.11 bits per heavy atom. The van der Waals surface area contributed by atoms with Gasteiger partial charge in [0.05, 0.1) is 17.9 Å². The van der Waals surface area contributed by atoms with Gasteiger partial charge in [-0.15, -0.1) is 0 Å². The molecule has 1 aliphatic rings. The zero-order chi connectivity index (χ0) is 19.7. The lowest BCUT2D eigenvalue weighted by Crippen LogP contribution is -2.33. The summed E-state index contributed by atoms with van der Waals surface area (Å²) in [4.78, 5) is 12.7. The Balaban J connectivity index is 1.88. The van der Waals surface area contributed by atoms with Crippen LogP contribution >= 0.6 is 0 Å². The molecule has 7 nitrogen and oxygen atoms in total. The van der Waals surface area contributed by atoms with E-state index in [2.05, 4.69) is 9.97 Å². The molecule has 1 aromatic heterocycles. The van der Waals surface area contributed by atoms with Crippen molar-refractivity contribution in [2.24, 2.45) is 0 Å². The number of anilines is 2. The van der Waals surface area contributed by atoms with Crippen LogP contribution in [-0.2, 0) is 13.0 Å². The van der Waals surface area contributed by atoms with Gasteiger partial charge in [-0.05, 0) is 46.0 Å². The smallest absolute Gasteiger partial charge is 0.318 e. The number of benzene rings is 1. The first kappa shape index (κ1) is 19.2. The normalized spacial score (nSPS) is 15.0. The molecule has 3 N–H and O–H groups in total.